The summed E-state index contributed by atoms with van der Waals surface area (Å²) in [6.07, 6.45) is 1.62. The van der Waals surface area contributed by atoms with Gasteiger partial charge in [0.2, 0.25) is 0 Å². The van der Waals surface area contributed by atoms with Gasteiger partial charge in [-0.2, -0.15) is 5.26 Å². The Morgan fingerprint density at radius 2 is 1.81 bits per heavy atom. The van der Waals surface area contributed by atoms with Crippen LogP contribution in [0.25, 0.3) is 0 Å². The van der Waals surface area contributed by atoms with Gasteiger partial charge in [-0.3, -0.25) is 0 Å². The first kappa shape index (κ1) is 13.7. The molecule has 0 saturated carbocycles. The normalized spacial score (nSPS) is 14.9. The molecule has 0 N–H and O–H groups in total. The number of nitrogens with zero attached hydrogens (tertiary/aromatic N) is 4. The first-order valence-corrected chi connectivity index (χ1v) is 7.26. The van der Waals surface area contributed by atoms with Crippen molar-refractivity contribution >= 4 is 23.1 Å². The fraction of sp³-hybridized carbons (Fsp3) is 0.250. The number of piperazine rings is 1. The zero-order chi connectivity index (χ0) is 14.7. The average Bonchev–Trinajstić information content (AvgIpc) is 2.55. The fourth-order valence-corrected chi connectivity index (χ4v) is 2.69. The number of halogens is 1. The second-order valence-electron chi connectivity index (χ2n) is 4.97. The van der Waals surface area contributed by atoms with Gasteiger partial charge in [0.05, 0.1) is 5.56 Å². The predicted molar refractivity (Wildman–Crippen MR) is 84.8 cm³/mol. The third kappa shape index (κ3) is 3.09. The highest BCUT2D eigenvalue weighted by atomic mass is 35.5. The Morgan fingerprint density at radius 1 is 1.05 bits per heavy atom. The number of hydrogen-bond donors (Lipinski definition) is 0. The van der Waals surface area contributed by atoms with Crippen LogP contribution in [0.1, 0.15) is 5.56 Å². The van der Waals surface area contributed by atoms with Crippen LogP contribution in [0.5, 0.6) is 0 Å². The van der Waals surface area contributed by atoms with Crippen molar-refractivity contribution in [2.75, 3.05) is 36.0 Å². The standard InChI is InChI=1S/C16H15ClN4/c17-14-2-1-3-15(10-14)20-6-8-21(9-7-20)16-5-4-13(11-18)12-19-16/h1-5,10,12H,6-9H2. The van der Waals surface area contributed by atoms with E-state index in [0.29, 0.717) is 5.56 Å². The maximum Gasteiger partial charge on any atom is 0.128 e. The van der Waals surface area contributed by atoms with Crippen LogP contribution in [0.15, 0.2) is 42.6 Å². The molecule has 1 aromatic carbocycles. The van der Waals surface area contributed by atoms with Crippen molar-refractivity contribution in [1.82, 2.24) is 4.98 Å². The van der Waals surface area contributed by atoms with Crippen LogP contribution in [0.4, 0.5) is 11.5 Å². The maximum atomic E-state index is 8.80. The SMILES string of the molecule is N#Cc1ccc(N2CCN(c3cccc(Cl)c3)CC2)nc1. The van der Waals surface area contributed by atoms with Crippen molar-refractivity contribution in [3.63, 3.8) is 0 Å². The molecule has 1 aliphatic heterocycles. The van der Waals surface area contributed by atoms with E-state index in [-0.39, 0.29) is 0 Å². The molecule has 0 unspecified atom stereocenters. The van der Waals surface area contributed by atoms with E-state index in [1.807, 2.05) is 30.3 Å². The van der Waals surface area contributed by atoms with E-state index in [0.717, 1.165) is 42.7 Å². The molecule has 1 aliphatic rings. The van der Waals surface area contributed by atoms with Gasteiger partial charge in [-0.1, -0.05) is 17.7 Å². The Hall–Kier alpha value is -2.25. The van der Waals surface area contributed by atoms with Gasteiger partial charge >= 0.3 is 0 Å². The van der Waals surface area contributed by atoms with E-state index < -0.39 is 0 Å². The number of aromatic nitrogens is 1. The number of hydrogen-bond acceptors (Lipinski definition) is 4. The average molecular weight is 299 g/mol. The second kappa shape index (κ2) is 6.02. The molecular weight excluding hydrogens is 284 g/mol. The van der Waals surface area contributed by atoms with Gasteiger partial charge in [-0.15, -0.1) is 0 Å². The van der Waals surface area contributed by atoms with Crippen molar-refractivity contribution in [2.24, 2.45) is 0 Å². The molecule has 21 heavy (non-hydrogen) atoms. The van der Waals surface area contributed by atoms with Gasteiger partial charge in [0.25, 0.3) is 0 Å². The number of pyridine rings is 1. The zero-order valence-corrected chi connectivity index (χ0v) is 12.3. The second-order valence-corrected chi connectivity index (χ2v) is 5.41. The molecule has 0 bridgehead atoms. The largest absolute Gasteiger partial charge is 0.368 e. The van der Waals surface area contributed by atoms with Crippen molar-refractivity contribution in [2.45, 2.75) is 0 Å². The zero-order valence-electron chi connectivity index (χ0n) is 11.5. The number of nitriles is 1. The van der Waals surface area contributed by atoms with Crippen LogP contribution in [0.2, 0.25) is 5.02 Å². The lowest BCUT2D eigenvalue weighted by Crippen LogP contribution is -2.46. The molecule has 1 aromatic heterocycles. The van der Waals surface area contributed by atoms with Crippen molar-refractivity contribution in [3.05, 3.63) is 53.2 Å². The summed E-state index contributed by atoms with van der Waals surface area (Å²) in [5, 5.41) is 9.57. The van der Waals surface area contributed by atoms with E-state index >= 15 is 0 Å². The highest BCUT2D eigenvalue weighted by Crippen LogP contribution is 2.22. The van der Waals surface area contributed by atoms with E-state index in [1.165, 1.54) is 0 Å². The topological polar surface area (TPSA) is 43.2 Å². The summed E-state index contributed by atoms with van der Waals surface area (Å²) in [7, 11) is 0. The lowest BCUT2D eigenvalue weighted by molar-refractivity contribution is 0.647. The smallest absolute Gasteiger partial charge is 0.128 e. The van der Waals surface area contributed by atoms with Gasteiger partial charge in [0.1, 0.15) is 11.9 Å². The molecule has 106 valence electrons. The molecule has 2 aromatic rings. The monoisotopic (exact) mass is 298 g/mol. The Labute approximate surface area is 129 Å². The number of anilines is 2. The molecular formula is C16H15ClN4. The Bertz CT molecular complexity index is 655. The summed E-state index contributed by atoms with van der Waals surface area (Å²) in [6, 6.07) is 13.8. The summed E-state index contributed by atoms with van der Waals surface area (Å²) in [5.41, 5.74) is 1.76. The molecule has 5 heteroatoms. The van der Waals surface area contributed by atoms with E-state index in [4.69, 9.17) is 16.9 Å². The molecule has 0 aliphatic carbocycles. The summed E-state index contributed by atoms with van der Waals surface area (Å²) < 4.78 is 0. The lowest BCUT2D eigenvalue weighted by atomic mass is 10.2. The van der Waals surface area contributed by atoms with Gasteiger partial charge in [0, 0.05) is 43.1 Å². The minimum atomic E-state index is 0.594. The van der Waals surface area contributed by atoms with Gasteiger partial charge < -0.3 is 9.80 Å². The number of benzene rings is 1. The summed E-state index contributed by atoms with van der Waals surface area (Å²) in [4.78, 5) is 8.91. The molecule has 3 rings (SSSR count). The highest BCUT2D eigenvalue weighted by Gasteiger charge is 2.18. The summed E-state index contributed by atoms with van der Waals surface area (Å²) in [6.45, 7) is 3.68. The van der Waals surface area contributed by atoms with E-state index in [2.05, 4.69) is 26.9 Å². The predicted octanol–water partition coefficient (Wildman–Crippen LogP) is 2.93. The minimum Gasteiger partial charge on any atom is -0.368 e. The van der Waals surface area contributed by atoms with Crippen LogP contribution in [0.3, 0.4) is 0 Å². The third-order valence-corrected chi connectivity index (χ3v) is 3.89. The summed E-state index contributed by atoms with van der Waals surface area (Å²) in [5.74, 6) is 0.930. The van der Waals surface area contributed by atoms with E-state index in [1.54, 1.807) is 6.20 Å². The maximum absolute atomic E-state index is 8.80. The minimum absolute atomic E-state index is 0.594. The van der Waals surface area contributed by atoms with Crippen LogP contribution < -0.4 is 9.80 Å². The quantitative estimate of drug-likeness (QED) is 0.855. The Balaban J connectivity index is 1.66. The fourth-order valence-electron chi connectivity index (χ4n) is 2.51. The van der Waals surface area contributed by atoms with Crippen LogP contribution in [-0.2, 0) is 0 Å². The number of rotatable bonds is 2. The molecule has 0 amide bonds. The molecule has 0 radical (unpaired) electrons. The van der Waals surface area contributed by atoms with E-state index in [9.17, 15) is 0 Å². The summed E-state index contributed by atoms with van der Waals surface area (Å²) >= 11 is 6.04. The Morgan fingerprint density at radius 3 is 2.43 bits per heavy atom. The molecule has 1 saturated heterocycles. The van der Waals surface area contributed by atoms with Gasteiger partial charge in [-0.25, -0.2) is 4.98 Å². The van der Waals surface area contributed by atoms with Gasteiger partial charge in [-0.05, 0) is 30.3 Å². The van der Waals surface area contributed by atoms with Crippen molar-refractivity contribution in [3.8, 4) is 6.07 Å². The molecule has 4 nitrogen and oxygen atoms in total. The first-order valence-electron chi connectivity index (χ1n) is 6.88. The third-order valence-electron chi connectivity index (χ3n) is 3.65. The Kier molecular flexibility index (Phi) is 3.94. The van der Waals surface area contributed by atoms with Crippen LogP contribution in [0, 0.1) is 11.3 Å². The highest BCUT2D eigenvalue weighted by molar-refractivity contribution is 6.30. The van der Waals surface area contributed by atoms with Crippen molar-refractivity contribution in [1.29, 1.82) is 5.26 Å². The van der Waals surface area contributed by atoms with Crippen molar-refractivity contribution < 1.29 is 0 Å². The van der Waals surface area contributed by atoms with Crippen LogP contribution in [-0.4, -0.2) is 31.2 Å². The molecule has 2 heterocycles. The lowest BCUT2D eigenvalue weighted by Gasteiger charge is -2.36. The van der Waals surface area contributed by atoms with Gasteiger partial charge in [0.15, 0.2) is 0 Å². The first-order chi connectivity index (χ1) is 10.3. The van der Waals surface area contributed by atoms with Crippen LogP contribution >= 0.6 is 11.6 Å². The molecule has 0 atom stereocenters. The molecule has 1 fully saturated rings. The molecule has 0 spiro atoms.